The van der Waals surface area contributed by atoms with Crippen molar-refractivity contribution in [2.45, 2.75) is 6.18 Å². The maximum absolute atomic E-state index is 14.5. The molecule has 14 heteroatoms. The molecule has 0 unspecified atom stereocenters. The Hall–Kier alpha value is -3.45. The molecule has 9 nitrogen and oxygen atoms in total. The third kappa shape index (κ3) is 6.32. The lowest BCUT2D eigenvalue weighted by Gasteiger charge is -2.15. The van der Waals surface area contributed by atoms with Gasteiger partial charge in [0, 0.05) is 13.1 Å². The first-order chi connectivity index (χ1) is 15.9. The van der Waals surface area contributed by atoms with E-state index in [1.807, 2.05) is 0 Å². The van der Waals surface area contributed by atoms with Gasteiger partial charge in [0.2, 0.25) is 0 Å². The predicted octanol–water partition coefficient (Wildman–Crippen LogP) is 2.25. The zero-order chi connectivity index (χ0) is 25.6. The Balaban J connectivity index is 2.30. The van der Waals surface area contributed by atoms with Crippen LogP contribution >= 0.6 is 11.6 Å². The molecule has 0 spiro atoms. The predicted molar refractivity (Wildman–Crippen MR) is 110 cm³/mol. The first-order valence-corrected chi connectivity index (χ1v) is 9.67. The van der Waals surface area contributed by atoms with Gasteiger partial charge in [0.25, 0.3) is 5.56 Å². The Morgan fingerprint density at radius 3 is 2.44 bits per heavy atom. The number of esters is 2. The SMILES string of the molecule is C=CCOCCOC(=O)COC(=O)c1cc(-n2c(=O)cc(C(F)(F)F)n(C)c2=O)c(F)cc1Cl. The summed E-state index contributed by atoms with van der Waals surface area (Å²) in [6.45, 7) is 2.74. The summed E-state index contributed by atoms with van der Waals surface area (Å²) in [5.74, 6) is -3.47. The highest BCUT2D eigenvalue weighted by Crippen LogP contribution is 2.27. The van der Waals surface area contributed by atoms with E-state index < -0.39 is 63.8 Å². The Labute approximate surface area is 193 Å². The Morgan fingerprint density at radius 2 is 1.82 bits per heavy atom. The monoisotopic (exact) mass is 508 g/mol. The number of benzene rings is 1. The number of carbonyl (C=O) groups excluding carboxylic acids is 2. The highest BCUT2D eigenvalue weighted by Gasteiger charge is 2.35. The molecule has 0 fully saturated rings. The molecule has 0 aliphatic heterocycles. The molecule has 2 rings (SSSR count). The summed E-state index contributed by atoms with van der Waals surface area (Å²) >= 11 is 5.83. The molecule has 1 heterocycles. The van der Waals surface area contributed by atoms with Crippen LogP contribution in [0.4, 0.5) is 17.6 Å². The molecular formula is C20H17ClF4N2O7. The van der Waals surface area contributed by atoms with E-state index in [1.165, 1.54) is 6.08 Å². The molecular weight excluding hydrogens is 492 g/mol. The van der Waals surface area contributed by atoms with E-state index in [0.29, 0.717) is 12.1 Å². The van der Waals surface area contributed by atoms with Crippen LogP contribution in [-0.2, 0) is 32.2 Å². The molecule has 0 atom stereocenters. The summed E-state index contributed by atoms with van der Waals surface area (Å²) in [4.78, 5) is 48.5. The second-order valence-corrected chi connectivity index (χ2v) is 6.89. The first-order valence-electron chi connectivity index (χ1n) is 9.29. The van der Waals surface area contributed by atoms with Crippen molar-refractivity contribution in [1.82, 2.24) is 9.13 Å². The molecule has 1 aromatic carbocycles. The summed E-state index contributed by atoms with van der Waals surface area (Å²) in [5, 5.41) is -0.505. The number of carbonyl (C=O) groups is 2. The van der Waals surface area contributed by atoms with E-state index >= 15 is 0 Å². The molecule has 184 valence electrons. The molecule has 0 bridgehead atoms. The molecule has 0 radical (unpaired) electrons. The molecule has 1 aromatic heterocycles. The van der Waals surface area contributed by atoms with Gasteiger partial charge in [-0.05, 0) is 12.1 Å². The van der Waals surface area contributed by atoms with Crippen molar-refractivity contribution in [2.75, 3.05) is 26.4 Å². The smallest absolute Gasteiger partial charge is 0.431 e. The van der Waals surface area contributed by atoms with Crippen LogP contribution in [0.5, 0.6) is 0 Å². The van der Waals surface area contributed by atoms with Gasteiger partial charge in [-0.25, -0.2) is 23.3 Å². The minimum atomic E-state index is -5.02. The summed E-state index contributed by atoms with van der Waals surface area (Å²) in [6.07, 6.45) is -3.54. The lowest BCUT2D eigenvalue weighted by atomic mass is 10.2. The lowest BCUT2D eigenvalue weighted by molar-refractivity contribution is -0.148. The molecule has 0 aliphatic carbocycles. The average Bonchev–Trinajstić information content (AvgIpc) is 2.75. The van der Waals surface area contributed by atoms with Crippen molar-refractivity contribution >= 4 is 23.5 Å². The Morgan fingerprint density at radius 1 is 1.15 bits per heavy atom. The van der Waals surface area contributed by atoms with Gasteiger partial charge in [-0.1, -0.05) is 17.7 Å². The summed E-state index contributed by atoms with van der Waals surface area (Å²) < 4.78 is 68.2. The van der Waals surface area contributed by atoms with Crippen molar-refractivity contribution in [3.05, 3.63) is 73.8 Å². The molecule has 2 aromatic rings. The van der Waals surface area contributed by atoms with E-state index in [-0.39, 0.29) is 35.0 Å². The van der Waals surface area contributed by atoms with Crippen molar-refractivity contribution in [1.29, 1.82) is 0 Å². The van der Waals surface area contributed by atoms with Crippen molar-refractivity contribution in [3.63, 3.8) is 0 Å². The van der Waals surface area contributed by atoms with Gasteiger partial charge in [0.1, 0.15) is 18.1 Å². The summed E-state index contributed by atoms with van der Waals surface area (Å²) in [7, 11) is 0.734. The van der Waals surface area contributed by atoms with Crippen LogP contribution in [0.1, 0.15) is 16.1 Å². The van der Waals surface area contributed by atoms with E-state index in [4.69, 9.17) is 25.8 Å². The fourth-order valence-corrected chi connectivity index (χ4v) is 2.84. The number of hydrogen-bond donors (Lipinski definition) is 0. The number of ether oxygens (including phenoxy) is 3. The van der Waals surface area contributed by atoms with Gasteiger partial charge in [0.15, 0.2) is 6.61 Å². The second-order valence-electron chi connectivity index (χ2n) is 6.49. The van der Waals surface area contributed by atoms with Crippen LogP contribution in [0, 0.1) is 5.82 Å². The molecule has 0 amide bonds. The number of aromatic nitrogens is 2. The number of alkyl halides is 3. The molecule has 0 saturated heterocycles. The van der Waals surface area contributed by atoms with Crippen LogP contribution in [0.25, 0.3) is 5.69 Å². The van der Waals surface area contributed by atoms with Gasteiger partial charge >= 0.3 is 23.8 Å². The lowest BCUT2D eigenvalue weighted by Crippen LogP contribution is -2.41. The zero-order valence-electron chi connectivity index (χ0n) is 17.5. The third-order valence-corrected chi connectivity index (χ3v) is 4.47. The van der Waals surface area contributed by atoms with Crippen molar-refractivity contribution in [3.8, 4) is 5.69 Å². The molecule has 34 heavy (non-hydrogen) atoms. The van der Waals surface area contributed by atoms with Gasteiger partial charge in [-0.3, -0.25) is 9.36 Å². The molecule has 0 N–H and O–H groups in total. The highest BCUT2D eigenvalue weighted by atomic mass is 35.5. The number of rotatable bonds is 9. The average molecular weight is 509 g/mol. The van der Waals surface area contributed by atoms with E-state index in [0.717, 1.165) is 7.05 Å². The summed E-state index contributed by atoms with van der Waals surface area (Å²) in [6, 6.07) is 1.30. The quantitative estimate of drug-likeness (QED) is 0.221. The first kappa shape index (κ1) is 26.8. The van der Waals surface area contributed by atoms with Gasteiger partial charge in [0.05, 0.1) is 29.5 Å². The third-order valence-electron chi connectivity index (χ3n) is 4.16. The fourth-order valence-electron chi connectivity index (χ4n) is 2.61. The molecule has 0 saturated carbocycles. The maximum Gasteiger partial charge on any atom is 0.431 e. The van der Waals surface area contributed by atoms with Crippen molar-refractivity contribution in [2.24, 2.45) is 7.05 Å². The van der Waals surface area contributed by atoms with Crippen LogP contribution in [-0.4, -0.2) is 47.5 Å². The van der Waals surface area contributed by atoms with E-state index in [9.17, 15) is 36.7 Å². The van der Waals surface area contributed by atoms with Crippen LogP contribution in [0.3, 0.4) is 0 Å². The minimum Gasteiger partial charge on any atom is -0.461 e. The van der Waals surface area contributed by atoms with E-state index in [1.54, 1.807) is 0 Å². The normalized spacial score (nSPS) is 11.2. The molecule has 0 aliphatic rings. The number of halogens is 5. The minimum absolute atomic E-state index is 0.0652. The van der Waals surface area contributed by atoms with Gasteiger partial charge < -0.3 is 14.2 Å². The van der Waals surface area contributed by atoms with Gasteiger partial charge in [-0.2, -0.15) is 13.2 Å². The second kappa shape index (κ2) is 11.1. The van der Waals surface area contributed by atoms with Crippen molar-refractivity contribution < 1.29 is 41.4 Å². The number of hydrogen-bond acceptors (Lipinski definition) is 7. The standard InChI is InChI=1S/C20H17ClF4N2O7/c1-3-4-32-5-6-33-17(29)10-34-18(30)11-7-14(13(22)8-12(11)21)27-16(28)9-15(20(23,24)25)26(2)19(27)31/h3,7-9H,1,4-6,10H2,2H3. The largest absolute Gasteiger partial charge is 0.461 e. The Kier molecular flexibility index (Phi) is 8.76. The Bertz CT molecular complexity index is 1220. The van der Waals surface area contributed by atoms with E-state index in [2.05, 4.69) is 6.58 Å². The van der Waals surface area contributed by atoms with Gasteiger partial charge in [-0.15, -0.1) is 6.58 Å². The van der Waals surface area contributed by atoms with Crippen LogP contribution < -0.4 is 11.2 Å². The van der Waals surface area contributed by atoms with Crippen LogP contribution in [0.15, 0.2) is 40.4 Å². The topological polar surface area (TPSA) is 106 Å². The number of nitrogens with zero attached hydrogens (tertiary/aromatic N) is 2. The summed E-state index contributed by atoms with van der Waals surface area (Å²) in [5.41, 5.74) is -5.99. The highest BCUT2D eigenvalue weighted by molar-refractivity contribution is 6.33. The fraction of sp³-hybridized carbons (Fsp3) is 0.300. The van der Waals surface area contributed by atoms with Crippen LogP contribution in [0.2, 0.25) is 5.02 Å². The maximum atomic E-state index is 14.5. The zero-order valence-corrected chi connectivity index (χ0v) is 18.2.